The number of carboxylic acid groups (broad SMARTS) is 1. The minimum atomic E-state index is -0.796. The van der Waals surface area contributed by atoms with Gasteiger partial charge in [-0.25, -0.2) is 0 Å². The van der Waals surface area contributed by atoms with Gasteiger partial charge in [-0.2, -0.15) is 0 Å². The minimum Gasteiger partial charge on any atom is -0.508 e. The van der Waals surface area contributed by atoms with Crippen molar-refractivity contribution < 1.29 is 19.7 Å². The molecule has 4 nitrogen and oxygen atoms in total. The Morgan fingerprint density at radius 2 is 1.68 bits per heavy atom. The van der Waals surface area contributed by atoms with E-state index in [4.69, 9.17) is 9.84 Å². The molecule has 0 amide bonds. The van der Waals surface area contributed by atoms with Crippen LogP contribution in [0.25, 0.3) is 0 Å². The van der Waals surface area contributed by atoms with Crippen molar-refractivity contribution in [2.24, 2.45) is 0 Å². The van der Waals surface area contributed by atoms with Crippen LogP contribution in [0.2, 0.25) is 0 Å². The van der Waals surface area contributed by atoms with Crippen LogP contribution >= 0.6 is 0 Å². The Balaban J connectivity index is 2.24. The summed E-state index contributed by atoms with van der Waals surface area (Å²) in [6, 6.07) is 9.03. The second-order valence-corrected chi connectivity index (χ2v) is 5.50. The van der Waals surface area contributed by atoms with E-state index in [1.807, 2.05) is 32.9 Å². The molecule has 116 valence electrons. The van der Waals surface area contributed by atoms with Crippen LogP contribution < -0.4 is 4.74 Å². The van der Waals surface area contributed by atoms with Gasteiger partial charge in [0.25, 0.3) is 0 Å². The first-order valence-electron chi connectivity index (χ1n) is 7.16. The molecule has 0 bridgehead atoms. The predicted molar refractivity (Wildman–Crippen MR) is 84.8 cm³/mol. The van der Waals surface area contributed by atoms with E-state index in [0.29, 0.717) is 12.2 Å². The smallest absolute Gasteiger partial charge is 0.303 e. The summed E-state index contributed by atoms with van der Waals surface area (Å²) in [6.07, 6.45) is 0.631. The molecule has 2 aromatic rings. The van der Waals surface area contributed by atoms with Gasteiger partial charge >= 0.3 is 5.97 Å². The molecule has 2 aromatic carbocycles. The van der Waals surface area contributed by atoms with Gasteiger partial charge in [-0.05, 0) is 67.6 Å². The Labute approximate surface area is 130 Å². The highest BCUT2D eigenvalue weighted by atomic mass is 16.5. The van der Waals surface area contributed by atoms with Gasteiger partial charge in [-0.3, -0.25) is 4.79 Å². The van der Waals surface area contributed by atoms with Gasteiger partial charge in [-0.1, -0.05) is 12.1 Å². The number of aryl methyl sites for hydroxylation is 4. The number of benzene rings is 2. The van der Waals surface area contributed by atoms with E-state index in [1.165, 1.54) is 0 Å². The van der Waals surface area contributed by atoms with Crippen molar-refractivity contribution in [3.63, 3.8) is 0 Å². The van der Waals surface area contributed by atoms with Crippen LogP contribution in [0.1, 0.15) is 28.7 Å². The van der Waals surface area contributed by atoms with Crippen molar-refractivity contribution in [1.29, 1.82) is 0 Å². The fourth-order valence-electron chi connectivity index (χ4n) is 2.41. The zero-order valence-electron chi connectivity index (χ0n) is 13.0. The van der Waals surface area contributed by atoms with Crippen molar-refractivity contribution in [3.8, 4) is 17.2 Å². The maximum absolute atomic E-state index is 10.7. The Morgan fingerprint density at radius 1 is 1.05 bits per heavy atom. The molecule has 0 saturated heterocycles. The number of phenols is 1. The summed E-state index contributed by atoms with van der Waals surface area (Å²) in [5, 5.41) is 18.3. The summed E-state index contributed by atoms with van der Waals surface area (Å²) >= 11 is 0. The van der Waals surface area contributed by atoms with E-state index >= 15 is 0 Å². The van der Waals surface area contributed by atoms with Crippen molar-refractivity contribution in [3.05, 3.63) is 52.6 Å². The summed E-state index contributed by atoms with van der Waals surface area (Å²) in [6.45, 7) is 5.71. The Morgan fingerprint density at radius 3 is 2.23 bits per heavy atom. The zero-order chi connectivity index (χ0) is 16.3. The van der Waals surface area contributed by atoms with Gasteiger partial charge in [-0.15, -0.1) is 0 Å². The molecule has 0 atom stereocenters. The Bertz CT molecular complexity index is 681. The van der Waals surface area contributed by atoms with Crippen LogP contribution in [0.5, 0.6) is 17.2 Å². The van der Waals surface area contributed by atoms with Gasteiger partial charge in [0, 0.05) is 6.42 Å². The first-order valence-corrected chi connectivity index (χ1v) is 7.16. The highest BCUT2D eigenvalue weighted by molar-refractivity contribution is 5.67. The normalized spacial score (nSPS) is 10.5. The van der Waals surface area contributed by atoms with Crippen LogP contribution in [-0.4, -0.2) is 16.2 Å². The first-order chi connectivity index (χ1) is 10.4. The van der Waals surface area contributed by atoms with E-state index in [1.54, 1.807) is 18.2 Å². The second-order valence-electron chi connectivity index (χ2n) is 5.50. The van der Waals surface area contributed by atoms with Crippen molar-refractivity contribution in [2.45, 2.75) is 33.6 Å². The second kappa shape index (κ2) is 6.52. The third kappa shape index (κ3) is 3.79. The van der Waals surface area contributed by atoms with Gasteiger partial charge in [0.2, 0.25) is 0 Å². The largest absolute Gasteiger partial charge is 0.508 e. The Kier molecular flexibility index (Phi) is 4.71. The average Bonchev–Trinajstić information content (AvgIpc) is 2.44. The standard InChI is InChI=1S/C18H20O4/c1-11-10-15(5-6-16(11)19)22-18-12(2)8-14(9-13(18)3)4-7-17(20)21/h5-6,8-10,19H,4,7H2,1-3H3,(H,20,21). The van der Waals surface area contributed by atoms with Crippen LogP contribution in [0.4, 0.5) is 0 Å². The van der Waals surface area contributed by atoms with E-state index < -0.39 is 5.97 Å². The van der Waals surface area contributed by atoms with E-state index in [-0.39, 0.29) is 12.2 Å². The lowest BCUT2D eigenvalue weighted by molar-refractivity contribution is -0.136. The van der Waals surface area contributed by atoms with Gasteiger partial charge in [0.15, 0.2) is 0 Å². The summed E-state index contributed by atoms with van der Waals surface area (Å²) in [5.41, 5.74) is 3.68. The summed E-state index contributed by atoms with van der Waals surface area (Å²) < 4.78 is 5.93. The molecule has 0 unspecified atom stereocenters. The van der Waals surface area contributed by atoms with Crippen LogP contribution in [-0.2, 0) is 11.2 Å². The number of hydrogen-bond acceptors (Lipinski definition) is 3. The molecule has 0 aliphatic heterocycles. The molecule has 2 N–H and O–H groups in total. The fourth-order valence-corrected chi connectivity index (χ4v) is 2.41. The molecule has 4 heteroatoms. The van der Waals surface area contributed by atoms with Crippen LogP contribution in [0.15, 0.2) is 30.3 Å². The third-order valence-electron chi connectivity index (χ3n) is 3.54. The molecule has 0 aliphatic rings. The fraction of sp³-hybridized carbons (Fsp3) is 0.278. The predicted octanol–water partition coefficient (Wildman–Crippen LogP) is 4.13. The minimum absolute atomic E-state index is 0.121. The molecular weight excluding hydrogens is 280 g/mol. The van der Waals surface area contributed by atoms with E-state index in [0.717, 1.165) is 28.0 Å². The van der Waals surface area contributed by atoms with Crippen molar-refractivity contribution in [2.75, 3.05) is 0 Å². The number of phenolic OH excluding ortho intramolecular Hbond substituents is 1. The van der Waals surface area contributed by atoms with Gasteiger partial charge in [0.1, 0.15) is 17.2 Å². The lowest BCUT2D eigenvalue weighted by atomic mass is 10.0. The molecule has 0 aromatic heterocycles. The van der Waals surface area contributed by atoms with Crippen LogP contribution in [0, 0.1) is 20.8 Å². The van der Waals surface area contributed by atoms with Gasteiger partial charge in [0.05, 0.1) is 0 Å². The molecule has 0 fully saturated rings. The van der Waals surface area contributed by atoms with Crippen LogP contribution in [0.3, 0.4) is 0 Å². The highest BCUT2D eigenvalue weighted by Crippen LogP contribution is 2.32. The highest BCUT2D eigenvalue weighted by Gasteiger charge is 2.10. The molecule has 0 spiro atoms. The van der Waals surface area contributed by atoms with Gasteiger partial charge < -0.3 is 14.9 Å². The molecule has 0 heterocycles. The Hall–Kier alpha value is -2.49. The molecule has 0 saturated carbocycles. The molecule has 0 aliphatic carbocycles. The molecule has 22 heavy (non-hydrogen) atoms. The SMILES string of the molecule is Cc1cc(Oc2c(C)cc(CCC(=O)O)cc2C)ccc1O. The third-order valence-corrected chi connectivity index (χ3v) is 3.54. The lowest BCUT2D eigenvalue weighted by Crippen LogP contribution is -1.99. The maximum atomic E-state index is 10.7. The average molecular weight is 300 g/mol. The molecule has 2 rings (SSSR count). The summed E-state index contributed by atoms with van der Waals surface area (Å²) in [4.78, 5) is 10.7. The van der Waals surface area contributed by atoms with E-state index in [2.05, 4.69) is 0 Å². The summed E-state index contributed by atoms with van der Waals surface area (Å²) in [7, 11) is 0. The lowest BCUT2D eigenvalue weighted by Gasteiger charge is -2.14. The number of carboxylic acids is 1. The first kappa shape index (κ1) is 15.9. The number of aliphatic carboxylic acids is 1. The maximum Gasteiger partial charge on any atom is 0.303 e. The monoisotopic (exact) mass is 300 g/mol. The number of aromatic hydroxyl groups is 1. The molecule has 0 radical (unpaired) electrons. The number of rotatable bonds is 5. The number of carbonyl (C=O) groups is 1. The topological polar surface area (TPSA) is 66.8 Å². The quantitative estimate of drug-likeness (QED) is 0.871. The number of hydrogen-bond donors (Lipinski definition) is 2. The van der Waals surface area contributed by atoms with E-state index in [9.17, 15) is 9.90 Å². The summed E-state index contributed by atoms with van der Waals surface area (Å²) in [5.74, 6) is 0.879. The molecular formula is C18H20O4. The van der Waals surface area contributed by atoms with Crippen molar-refractivity contribution in [1.82, 2.24) is 0 Å². The zero-order valence-corrected chi connectivity index (χ0v) is 13.0. The number of ether oxygens (including phenoxy) is 1. The van der Waals surface area contributed by atoms with Crippen molar-refractivity contribution >= 4 is 5.97 Å².